The topological polar surface area (TPSA) is 86.5 Å². The molecule has 3 aromatic rings. The molecule has 0 bridgehead atoms. The summed E-state index contributed by atoms with van der Waals surface area (Å²) in [6.45, 7) is 11.3. The van der Waals surface area contributed by atoms with Gasteiger partial charge in [-0.3, -0.25) is 14.9 Å². The van der Waals surface area contributed by atoms with Crippen LogP contribution in [-0.2, 0) is 9.59 Å². The molecule has 0 aliphatic heterocycles. The minimum absolute atomic E-state index is 0.0400. The highest BCUT2D eigenvalue weighted by atomic mass is 16.6. The van der Waals surface area contributed by atoms with Crippen LogP contribution in [0.5, 0.6) is 5.75 Å². The number of hydrogen-bond acceptors (Lipinski definition) is 5. The summed E-state index contributed by atoms with van der Waals surface area (Å²) in [6, 6.07) is 25.3. The molecule has 0 amide bonds. The van der Waals surface area contributed by atoms with E-state index in [4.69, 9.17) is 4.74 Å². The molecule has 0 N–H and O–H groups in total. The lowest BCUT2D eigenvalue weighted by atomic mass is 9.67. The highest BCUT2D eigenvalue weighted by molar-refractivity contribution is 6.22. The van der Waals surface area contributed by atoms with Crippen LogP contribution in [0.1, 0.15) is 52.7 Å². The number of carbonyl (C=O) groups is 2. The highest BCUT2D eigenvalue weighted by Crippen LogP contribution is 2.61. The van der Waals surface area contributed by atoms with Crippen LogP contribution in [0.25, 0.3) is 11.1 Å². The Kier molecular flexibility index (Phi) is 8.67. The maximum atomic E-state index is 14.5. The maximum Gasteiger partial charge on any atom is 0.269 e. The molecular formula is C32H35NO5. The molecular weight excluding hydrogens is 478 g/mol. The summed E-state index contributed by atoms with van der Waals surface area (Å²) in [7, 11) is 0. The lowest BCUT2D eigenvalue weighted by Gasteiger charge is -2.36. The van der Waals surface area contributed by atoms with E-state index in [0.717, 1.165) is 28.6 Å². The summed E-state index contributed by atoms with van der Waals surface area (Å²) < 4.78 is 6.28. The maximum absolute atomic E-state index is 14.5. The van der Waals surface area contributed by atoms with E-state index in [9.17, 15) is 19.7 Å². The molecule has 38 heavy (non-hydrogen) atoms. The lowest BCUT2D eigenvalue weighted by Crippen LogP contribution is -2.46. The summed E-state index contributed by atoms with van der Waals surface area (Å²) in [6.07, 6.45) is 0.206. The smallest absolute Gasteiger partial charge is 0.269 e. The van der Waals surface area contributed by atoms with Crippen molar-refractivity contribution in [2.75, 3.05) is 0 Å². The van der Waals surface area contributed by atoms with Crippen molar-refractivity contribution in [1.29, 1.82) is 0 Å². The molecule has 0 saturated carbocycles. The van der Waals surface area contributed by atoms with Gasteiger partial charge in [0.05, 0.1) is 15.8 Å². The normalized spacial score (nSPS) is 22.2. The first-order valence-electron chi connectivity index (χ1n) is 12.9. The van der Waals surface area contributed by atoms with Crippen LogP contribution in [0, 0.1) is 26.9 Å². The molecule has 4 unspecified atom stereocenters. The van der Waals surface area contributed by atoms with Crippen molar-refractivity contribution in [3.8, 4) is 5.75 Å². The second-order valence-electron chi connectivity index (χ2n) is 9.65. The number of nitro benzene ring substituents is 1. The molecule has 0 radical (unpaired) electrons. The first-order valence-corrected chi connectivity index (χ1v) is 12.9. The molecule has 0 spiro atoms. The van der Waals surface area contributed by atoms with Gasteiger partial charge in [-0.05, 0) is 55.2 Å². The number of aldehydes is 1. The number of Topliss-reactive ketones (excluding diaryl/α,β-unsaturated/α-hetero) is 1. The third-order valence-electron chi connectivity index (χ3n) is 7.65. The zero-order valence-electron chi connectivity index (χ0n) is 22.8. The average molecular weight is 514 g/mol. The molecule has 0 aromatic heterocycles. The predicted octanol–water partition coefficient (Wildman–Crippen LogP) is 7.43. The Morgan fingerprint density at radius 3 is 1.66 bits per heavy atom. The summed E-state index contributed by atoms with van der Waals surface area (Å²) in [5, 5.41) is 11.1. The number of rotatable bonds is 8. The van der Waals surface area contributed by atoms with Gasteiger partial charge in [0.15, 0.2) is 5.78 Å². The Balaban J connectivity index is 0.00000195. The van der Waals surface area contributed by atoms with Crippen LogP contribution in [0.15, 0.2) is 84.9 Å². The number of nitro groups is 1. The SMILES string of the molecule is CC.CC(C=O)C1(C)C(=O)C(C)(C(C)Oc2ccc([N+](=O)[O-])cc2)C(c2ccccc2)=C1c1ccccc1. The molecule has 0 saturated heterocycles. The van der Waals surface area contributed by atoms with Gasteiger partial charge in [-0.15, -0.1) is 0 Å². The van der Waals surface area contributed by atoms with Gasteiger partial charge in [0.1, 0.15) is 18.1 Å². The minimum atomic E-state index is -1.11. The molecule has 1 aliphatic carbocycles. The Morgan fingerprint density at radius 2 is 1.24 bits per heavy atom. The van der Waals surface area contributed by atoms with Gasteiger partial charge in [0, 0.05) is 18.1 Å². The minimum Gasteiger partial charge on any atom is -0.489 e. The Bertz CT molecular complexity index is 1320. The molecule has 4 rings (SSSR count). The number of non-ortho nitro benzene ring substituents is 1. The zero-order chi connectivity index (χ0) is 28.1. The van der Waals surface area contributed by atoms with E-state index in [0.29, 0.717) is 5.75 Å². The van der Waals surface area contributed by atoms with E-state index >= 15 is 0 Å². The first kappa shape index (κ1) is 28.5. The Hall–Kier alpha value is -4.06. The number of carbonyl (C=O) groups excluding carboxylic acids is 2. The lowest BCUT2D eigenvalue weighted by molar-refractivity contribution is -0.384. The third kappa shape index (κ3) is 4.78. The van der Waals surface area contributed by atoms with Crippen molar-refractivity contribution in [2.24, 2.45) is 16.7 Å². The molecule has 4 atom stereocenters. The second-order valence-corrected chi connectivity index (χ2v) is 9.65. The Labute approximate surface area is 224 Å². The van der Waals surface area contributed by atoms with E-state index in [-0.39, 0.29) is 11.5 Å². The van der Waals surface area contributed by atoms with Crippen molar-refractivity contribution in [2.45, 2.75) is 47.6 Å². The Morgan fingerprint density at radius 1 is 0.789 bits per heavy atom. The van der Waals surface area contributed by atoms with Crippen LogP contribution < -0.4 is 4.74 Å². The highest BCUT2D eigenvalue weighted by Gasteiger charge is 2.62. The van der Waals surface area contributed by atoms with E-state index in [1.807, 2.05) is 95.3 Å². The molecule has 198 valence electrons. The summed E-state index contributed by atoms with van der Waals surface area (Å²) in [5.41, 5.74) is 1.17. The quantitative estimate of drug-likeness (QED) is 0.178. The van der Waals surface area contributed by atoms with Crippen molar-refractivity contribution < 1.29 is 19.2 Å². The molecule has 0 fully saturated rings. The van der Waals surface area contributed by atoms with Gasteiger partial charge in [-0.2, -0.15) is 0 Å². The van der Waals surface area contributed by atoms with Gasteiger partial charge >= 0.3 is 0 Å². The number of nitrogens with zero attached hydrogens (tertiary/aromatic N) is 1. The number of ether oxygens (including phenoxy) is 1. The average Bonchev–Trinajstić information content (AvgIpc) is 3.14. The van der Waals surface area contributed by atoms with Crippen molar-refractivity contribution in [3.63, 3.8) is 0 Å². The largest absolute Gasteiger partial charge is 0.489 e. The number of allylic oxidation sites excluding steroid dienone is 1. The molecule has 1 aliphatic rings. The van der Waals surface area contributed by atoms with Crippen LogP contribution in [0.4, 0.5) is 5.69 Å². The molecule has 6 heteroatoms. The number of benzene rings is 3. The fourth-order valence-corrected chi connectivity index (χ4v) is 5.31. The standard InChI is InChI=1S/C30H29NO5.C2H6/c1-20(19-32)29(3)26(22-11-7-5-8-12-22)27(23-13-9-6-10-14-23)30(4,28(29)33)21(2)36-25-17-15-24(16-18-25)31(34)35;1-2/h5-21H,1-4H3;1-2H3. The van der Waals surface area contributed by atoms with Gasteiger partial charge < -0.3 is 9.53 Å². The van der Waals surface area contributed by atoms with E-state index < -0.39 is 27.8 Å². The summed E-state index contributed by atoms with van der Waals surface area (Å²) in [4.78, 5) is 37.3. The number of ketones is 1. The van der Waals surface area contributed by atoms with E-state index in [1.165, 1.54) is 24.3 Å². The predicted molar refractivity (Wildman–Crippen MR) is 151 cm³/mol. The van der Waals surface area contributed by atoms with Crippen molar-refractivity contribution in [3.05, 3.63) is 106 Å². The molecule has 6 nitrogen and oxygen atoms in total. The van der Waals surface area contributed by atoms with E-state index in [2.05, 4.69) is 0 Å². The van der Waals surface area contributed by atoms with Gasteiger partial charge in [-0.25, -0.2) is 0 Å². The number of hydrogen-bond donors (Lipinski definition) is 0. The fourth-order valence-electron chi connectivity index (χ4n) is 5.31. The zero-order valence-corrected chi connectivity index (χ0v) is 22.8. The van der Waals surface area contributed by atoms with Crippen LogP contribution >= 0.6 is 0 Å². The second kappa shape index (κ2) is 11.5. The molecule has 0 heterocycles. The van der Waals surface area contributed by atoms with Gasteiger partial charge in [-0.1, -0.05) is 81.4 Å². The van der Waals surface area contributed by atoms with Crippen LogP contribution in [0.3, 0.4) is 0 Å². The van der Waals surface area contributed by atoms with Crippen molar-refractivity contribution in [1.82, 2.24) is 0 Å². The van der Waals surface area contributed by atoms with E-state index in [1.54, 1.807) is 6.92 Å². The van der Waals surface area contributed by atoms with Crippen LogP contribution in [0.2, 0.25) is 0 Å². The summed E-state index contributed by atoms with van der Waals surface area (Å²) in [5.74, 6) is -0.248. The first-order chi connectivity index (χ1) is 18.1. The van der Waals surface area contributed by atoms with Gasteiger partial charge in [0.2, 0.25) is 0 Å². The monoisotopic (exact) mass is 513 g/mol. The van der Waals surface area contributed by atoms with Crippen LogP contribution in [-0.4, -0.2) is 23.1 Å². The third-order valence-corrected chi connectivity index (χ3v) is 7.65. The fraction of sp³-hybridized carbons (Fsp3) is 0.312. The molecule has 3 aromatic carbocycles. The summed E-state index contributed by atoms with van der Waals surface area (Å²) >= 11 is 0. The van der Waals surface area contributed by atoms with Crippen molar-refractivity contribution >= 4 is 28.9 Å². The van der Waals surface area contributed by atoms with Gasteiger partial charge in [0.25, 0.3) is 5.69 Å².